The predicted octanol–water partition coefficient (Wildman–Crippen LogP) is 0.925. The summed E-state index contributed by atoms with van der Waals surface area (Å²) in [5.74, 6) is 1.08. The molecule has 4 aliphatic rings. The Hall–Kier alpha value is -3.54. The third-order valence-corrected chi connectivity index (χ3v) is 6.78. The molecular formula is C23H25N7O4. The van der Waals surface area contributed by atoms with Gasteiger partial charge in [0.1, 0.15) is 23.3 Å². The normalized spacial score (nSPS) is 24.4. The van der Waals surface area contributed by atoms with Crippen molar-refractivity contribution in [2.24, 2.45) is 0 Å². The number of rotatable bonds is 5. The Kier molecular flexibility index (Phi) is 4.97. The van der Waals surface area contributed by atoms with Crippen LogP contribution in [-0.4, -0.2) is 78.8 Å². The zero-order valence-corrected chi connectivity index (χ0v) is 18.5. The second kappa shape index (κ2) is 8.05. The molecule has 2 aromatic rings. The van der Waals surface area contributed by atoms with Gasteiger partial charge in [0, 0.05) is 36.6 Å². The van der Waals surface area contributed by atoms with Crippen molar-refractivity contribution < 1.29 is 19.7 Å². The second-order valence-electron chi connectivity index (χ2n) is 8.79. The lowest BCUT2D eigenvalue weighted by Gasteiger charge is -2.32. The number of aromatic nitrogens is 5. The second-order valence-corrected chi connectivity index (χ2v) is 8.79. The minimum Gasteiger partial charge on any atom is -0.391 e. The van der Waals surface area contributed by atoms with Crippen LogP contribution in [0.5, 0.6) is 0 Å². The van der Waals surface area contributed by atoms with Crippen molar-refractivity contribution in [3.8, 4) is 22.6 Å². The summed E-state index contributed by atoms with van der Waals surface area (Å²) >= 11 is 0. The van der Waals surface area contributed by atoms with E-state index in [-0.39, 0.29) is 18.0 Å². The SMILES string of the molecule is CNc1cc(-c2cnc3n(C4COC[C@@H]4O)cccc2-3)nc2c(C(=O)N[C@H]3CC[C@H]3O)cnn12. The number of hydrogen-bond donors (Lipinski definition) is 4. The van der Waals surface area contributed by atoms with E-state index in [1.54, 1.807) is 17.8 Å². The predicted molar refractivity (Wildman–Crippen MR) is 123 cm³/mol. The highest BCUT2D eigenvalue weighted by Gasteiger charge is 2.32. The molecule has 1 saturated heterocycles. The van der Waals surface area contributed by atoms with Crippen LogP contribution in [0.4, 0.5) is 5.82 Å². The smallest absolute Gasteiger partial charge is 0.257 e. The van der Waals surface area contributed by atoms with Gasteiger partial charge in [-0.2, -0.15) is 9.61 Å². The summed E-state index contributed by atoms with van der Waals surface area (Å²) in [5, 5.41) is 30.5. The molecule has 1 unspecified atom stereocenters. The van der Waals surface area contributed by atoms with Crippen molar-refractivity contribution in [3.63, 3.8) is 0 Å². The fourth-order valence-corrected chi connectivity index (χ4v) is 4.66. The molecule has 1 saturated carbocycles. The molecule has 4 atom stereocenters. The lowest BCUT2D eigenvalue weighted by Crippen LogP contribution is -2.50. The van der Waals surface area contributed by atoms with Gasteiger partial charge in [-0.05, 0) is 25.0 Å². The van der Waals surface area contributed by atoms with Crippen LogP contribution in [0.1, 0.15) is 29.2 Å². The molecule has 4 N–H and O–H groups in total. The number of carbonyl (C=O) groups excluding carboxylic acids is 1. The molecule has 2 aromatic heterocycles. The number of carbonyl (C=O) groups is 1. The lowest BCUT2D eigenvalue weighted by molar-refractivity contribution is 0.0448. The molecule has 0 radical (unpaired) electrons. The molecule has 6 rings (SSSR count). The molecule has 3 aliphatic heterocycles. The molecule has 176 valence electrons. The van der Waals surface area contributed by atoms with Gasteiger partial charge in [0.05, 0.1) is 43.3 Å². The Morgan fingerprint density at radius 1 is 1.18 bits per heavy atom. The number of hydrogen-bond acceptors (Lipinski definition) is 8. The molecule has 0 bridgehead atoms. The molecule has 0 spiro atoms. The topological polar surface area (TPSA) is 139 Å². The van der Waals surface area contributed by atoms with E-state index >= 15 is 0 Å². The standard InChI is InChI=1S/C23H25N7O4/c1-24-20-7-16(27-22-14(9-26-30(20)22)23(33)28-15-4-5-18(15)31)13-8-25-21-12(13)3-2-6-29(21)17-10-34-11-19(17)32/h2-3,6-9,15,17-19,24,31-32H,4-5,10-11H2,1H3,(H,28,33)/t15-,17?,18+,19-/m0/s1. The van der Waals surface area contributed by atoms with Crippen molar-refractivity contribution >= 4 is 17.4 Å². The number of nitrogens with one attached hydrogen (secondary N) is 2. The first kappa shape index (κ1) is 21.0. The first-order chi connectivity index (χ1) is 16.5. The summed E-state index contributed by atoms with van der Waals surface area (Å²) in [5.41, 5.74) is 3.06. The van der Waals surface area contributed by atoms with Crippen molar-refractivity contribution in [1.82, 2.24) is 29.5 Å². The van der Waals surface area contributed by atoms with E-state index in [9.17, 15) is 15.0 Å². The van der Waals surface area contributed by atoms with Gasteiger partial charge in [0.2, 0.25) is 0 Å². The highest BCUT2D eigenvalue weighted by Crippen LogP contribution is 2.36. The average molecular weight is 463 g/mol. The third kappa shape index (κ3) is 3.23. The van der Waals surface area contributed by atoms with E-state index in [1.165, 1.54) is 6.20 Å². The molecule has 5 heterocycles. The van der Waals surface area contributed by atoms with Gasteiger partial charge in [-0.1, -0.05) is 0 Å². The molecular weight excluding hydrogens is 438 g/mol. The van der Waals surface area contributed by atoms with Crippen LogP contribution >= 0.6 is 0 Å². The van der Waals surface area contributed by atoms with E-state index in [4.69, 9.17) is 9.72 Å². The number of ether oxygens (including phenoxy) is 1. The van der Waals surface area contributed by atoms with E-state index in [0.717, 1.165) is 23.4 Å². The van der Waals surface area contributed by atoms with Gasteiger partial charge < -0.3 is 30.2 Å². The monoisotopic (exact) mass is 463 g/mol. The number of aliphatic hydroxyl groups excluding tert-OH is 2. The van der Waals surface area contributed by atoms with Gasteiger partial charge in [0.25, 0.3) is 5.91 Å². The van der Waals surface area contributed by atoms with Gasteiger partial charge in [-0.25, -0.2) is 9.97 Å². The summed E-state index contributed by atoms with van der Waals surface area (Å²) in [6.45, 7) is 0.723. The Morgan fingerprint density at radius 2 is 2.06 bits per heavy atom. The minimum absolute atomic E-state index is 0.207. The van der Waals surface area contributed by atoms with Crippen LogP contribution < -0.4 is 10.6 Å². The largest absolute Gasteiger partial charge is 0.391 e. The average Bonchev–Trinajstić information content (AvgIpc) is 3.58. The molecule has 11 heteroatoms. The summed E-state index contributed by atoms with van der Waals surface area (Å²) in [6, 6.07) is 5.28. The summed E-state index contributed by atoms with van der Waals surface area (Å²) in [6.07, 6.45) is 5.46. The number of nitrogens with zero attached hydrogens (tertiary/aromatic N) is 5. The van der Waals surface area contributed by atoms with E-state index in [1.807, 2.05) is 29.0 Å². The molecule has 11 nitrogen and oxygen atoms in total. The number of amides is 1. The van der Waals surface area contributed by atoms with Crippen molar-refractivity contribution in [2.75, 3.05) is 25.6 Å². The maximum atomic E-state index is 12.9. The first-order valence-electron chi connectivity index (χ1n) is 11.3. The lowest BCUT2D eigenvalue weighted by atomic mass is 9.89. The van der Waals surface area contributed by atoms with Gasteiger partial charge in [-0.3, -0.25) is 4.79 Å². The summed E-state index contributed by atoms with van der Waals surface area (Å²) < 4.78 is 8.96. The van der Waals surface area contributed by atoms with Crippen LogP contribution in [0.2, 0.25) is 0 Å². The highest BCUT2D eigenvalue weighted by atomic mass is 16.5. The number of anilines is 1. The molecule has 34 heavy (non-hydrogen) atoms. The number of pyridine rings is 1. The highest BCUT2D eigenvalue weighted by molar-refractivity contribution is 6.00. The van der Waals surface area contributed by atoms with Gasteiger partial charge >= 0.3 is 0 Å². The fraction of sp³-hybridized carbons (Fsp3) is 0.391. The maximum absolute atomic E-state index is 12.9. The van der Waals surface area contributed by atoms with E-state index in [0.29, 0.717) is 42.4 Å². The zero-order valence-electron chi connectivity index (χ0n) is 18.5. The minimum atomic E-state index is -0.594. The third-order valence-electron chi connectivity index (χ3n) is 6.78. The Balaban J connectivity index is 1.41. The summed E-state index contributed by atoms with van der Waals surface area (Å²) in [7, 11) is 1.78. The van der Waals surface area contributed by atoms with Gasteiger partial charge in [0.15, 0.2) is 5.65 Å². The molecule has 0 aromatic carbocycles. The Bertz CT molecular complexity index is 1350. The number of aliphatic hydroxyl groups is 2. The number of fused-ring (bicyclic) bond motifs is 2. The van der Waals surface area contributed by atoms with Crippen LogP contribution in [-0.2, 0) is 4.74 Å². The van der Waals surface area contributed by atoms with E-state index < -0.39 is 12.2 Å². The first-order valence-corrected chi connectivity index (χ1v) is 11.3. The fourth-order valence-electron chi connectivity index (χ4n) is 4.66. The van der Waals surface area contributed by atoms with Crippen LogP contribution in [0.3, 0.4) is 0 Å². The van der Waals surface area contributed by atoms with Gasteiger partial charge in [-0.15, -0.1) is 0 Å². The van der Waals surface area contributed by atoms with Crippen LogP contribution in [0.15, 0.2) is 36.8 Å². The Morgan fingerprint density at radius 3 is 2.76 bits per heavy atom. The van der Waals surface area contributed by atoms with Crippen molar-refractivity contribution in [2.45, 2.75) is 37.1 Å². The van der Waals surface area contributed by atoms with Crippen molar-refractivity contribution in [3.05, 3.63) is 42.4 Å². The molecule has 1 aliphatic carbocycles. The quantitative estimate of drug-likeness (QED) is 0.343. The van der Waals surface area contributed by atoms with Crippen LogP contribution in [0, 0.1) is 0 Å². The maximum Gasteiger partial charge on any atom is 0.257 e. The van der Waals surface area contributed by atoms with E-state index in [2.05, 4.69) is 20.7 Å². The van der Waals surface area contributed by atoms with Crippen molar-refractivity contribution in [1.29, 1.82) is 0 Å². The zero-order chi connectivity index (χ0) is 23.4. The molecule has 1 amide bonds. The Labute approximate surface area is 194 Å². The van der Waals surface area contributed by atoms with Crippen LogP contribution in [0.25, 0.3) is 28.3 Å². The summed E-state index contributed by atoms with van der Waals surface area (Å²) in [4.78, 5) is 22.3. The molecule has 2 fully saturated rings.